The van der Waals surface area contributed by atoms with Crippen molar-refractivity contribution in [2.75, 3.05) is 0 Å². The van der Waals surface area contributed by atoms with Gasteiger partial charge in [-0.2, -0.15) is 0 Å². The molecule has 0 heterocycles. The molecule has 0 aliphatic rings. The molecule has 0 unspecified atom stereocenters. The van der Waals surface area contributed by atoms with Crippen LogP contribution >= 0.6 is 0 Å². The maximum absolute atomic E-state index is 11.4. The molecule has 2 aromatic rings. The second-order valence-corrected chi connectivity index (χ2v) is 5.44. The Morgan fingerprint density at radius 2 is 1.86 bits per heavy atom. The molecule has 1 N–H and O–H groups in total. The number of aromatic carboxylic acids is 1. The molecule has 0 spiro atoms. The fourth-order valence-corrected chi connectivity index (χ4v) is 2.34. The first-order valence-electron chi connectivity index (χ1n) is 7.03. The Hall–Kier alpha value is -2.29. The third-order valence-electron chi connectivity index (χ3n) is 3.46. The van der Waals surface area contributed by atoms with Gasteiger partial charge in [0, 0.05) is 0 Å². The molecule has 0 saturated carbocycles. The summed E-state index contributed by atoms with van der Waals surface area (Å²) in [6, 6.07) is 13.3. The second kappa shape index (κ2) is 6.44. The molecule has 2 rings (SSSR count). The molecule has 0 aliphatic carbocycles. The highest BCUT2D eigenvalue weighted by atomic mass is 16.5. The first-order valence-corrected chi connectivity index (χ1v) is 7.03. The second-order valence-electron chi connectivity index (χ2n) is 5.44. The van der Waals surface area contributed by atoms with E-state index in [1.807, 2.05) is 43.3 Å². The van der Waals surface area contributed by atoms with Gasteiger partial charge >= 0.3 is 5.97 Å². The summed E-state index contributed by atoms with van der Waals surface area (Å²) in [5.41, 5.74) is 3.33. The topological polar surface area (TPSA) is 46.5 Å². The van der Waals surface area contributed by atoms with Crippen LogP contribution in [0.5, 0.6) is 5.75 Å². The summed E-state index contributed by atoms with van der Waals surface area (Å²) in [6.45, 7) is 6.45. The standard InChI is InChI=1S/C18H20O3/c1-12(2)15-10-16(18(19)20)17(9-13(15)3)21-11-14-7-5-4-6-8-14/h4-10,12H,11H2,1-3H3,(H,19,20). The monoisotopic (exact) mass is 284 g/mol. The van der Waals surface area contributed by atoms with Crippen LogP contribution in [0.1, 0.15) is 46.8 Å². The van der Waals surface area contributed by atoms with E-state index in [9.17, 15) is 9.90 Å². The third kappa shape index (κ3) is 3.63. The first-order chi connectivity index (χ1) is 9.99. The third-order valence-corrected chi connectivity index (χ3v) is 3.46. The van der Waals surface area contributed by atoms with Gasteiger partial charge in [-0.15, -0.1) is 0 Å². The largest absolute Gasteiger partial charge is 0.488 e. The van der Waals surface area contributed by atoms with E-state index in [2.05, 4.69) is 13.8 Å². The molecule has 0 aromatic heterocycles. The smallest absolute Gasteiger partial charge is 0.339 e. The molecule has 2 aromatic carbocycles. The Morgan fingerprint density at radius 3 is 2.43 bits per heavy atom. The van der Waals surface area contributed by atoms with Crippen LogP contribution in [0.3, 0.4) is 0 Å². The zero-order chi connectivity index (χ0) is 15.4. The van der Waals surface area contributed by atoms with Crippen LogP contribution in [0, 0.1) is 6.92 Å². The van der Waals surface area contributed by atoms with Crippen molar-refractivity contribution in [3.63, 3.8) is 0 Å². The number of rotatable bonds is 5. The van der Waals surface area contributed by atoms with Crippen molar-refractivity contribution in [3.05, 3.63) is 64.7 Å². The predicted molar refractivity (Wildman–Crippen MR) is 83.0 cm³/mol. The number of hydrogen-bond acceptors (Lipinski definition) is 2. The van der Waals surface area contributed by atoms with Gasteiger partial charge in [-0.1, -0.05) is 44.2 Å². The van der Waals surface area contributed by atoms with Crippen molar-refractivity contribution in [1.29, 1.82) is 0 Å². The predicted octanol–water partition coefficient (Wildman–Crippen LogP) is 4.40. The molecule has 3 nitrogen and oxygen atoms in total. The molecule has 21 heavy (non-hydrogen) atoms. The van der Waals surface area contributed by atoms with E-state index in [0.29, 0.717) is 12.4 Å². The maximum atomic E-state index is 11.4. The molecule has 0 radical (unpaired) electrons. The van der Waals surface area contributed by atoms with E-state index in [4.69, 9.17) is 4.74 Å². The van der Waals surface area contributed by atoms with Crippen molar-refractivity contribution >= 4 is 5.97 Å². The lowest BCUT2D eigenvalue weighted by Crippen LogP contribution is -2.06. The number of aryl methyl sites for hydroxylation is 1. The van der Waals surface area contributed by atoms with E-state index in [1.165, 1.54) is 0 Å². The average Bonchev–Trinajstić information content (AvgIpc) is 2.45. The summed E-state index contributed by atoms with van der Waals surface area (Å²) < 4.78 is 5.72. The van der Waals surface area contributed by atoms with Crippen LogP contribution < -0.4 is 4.74 Å². The minimum absolute atomic E-state index is 0.222. The Labute approximate surface area is 125 Å². The van der Waals surface area contributed by atoms with Crippen LogP contribution in [0.2, 0.25) is 0 Å². The van der Waals surface area contributed by atoms with Crippen molar-refractivity contribution < 1.29 is 14.6 Å². The van der Waals surface area contributed by atoms with E-state index >= 15 is 0 Å². The Balaban J connectivity index is 2.30. The molecular formula is C18H20O3. The highest BCUT2D eigenvalue weighted by Gasteiger charge is 2.16. The highest BCUT2D eigenvalue weighted by Crippen LogP contribution is 2.28. The number of hydrogen-bond donors (Lipinski definition) is 1. The summed E-state index contributed by atoms with van der Waals surface area (Å²) in [6.07, 6.45) is 0. The summed E-state index contributed by atoms with van der Waals surface area (Å²) in [5.74, 6) is -0.250. The van der Waals surface area contributed by atoms with E-state index in [-0.39, 0.29) is 11.5 Å². The minimum Gasteiger partial charge on any atom is -0.488 e. The fraction of sp³-hybridized carbons (Fsp3) is 0.278. The van der Waals surface area contributed by atoms with Gasteiger partial charge in [0.25, 0.3) is 0 Å². The summed E-state index contributed by atoms with van der Waals surface area (Å²) in [5, 5.41) is 9.38. The van der Waals surface area contributed by atoms with E-state index < -0.39 is 5.97 Å². The zero-order valence-corrected chi connectivity index (χ0v) is 12.6. The lowest BCUT2D eigenvalue weighted by Gasteiger charge is -2.15. The lowest BCUT2D eigenvalue weighted by atomic mass is 9.95. The van der Waals surface area contributed by atoms with Crippen LogP contribution in [0.25, 0.3) is 0 Å². The molecular weight excluding hydrogens is 264 g/mol. The highest BCUT2D eigenvalue weighted by molar-refractivity contribution is 5.91. The molecule has 0 saturated heterocycles. The van der Waals surface area contributed by atoms with Gasteiger partial charge in [-0.05, 0) is 41.7 Å². The molecule has 110 valence electrons. The van der Waals surface area contributed by atoms with Crippen LogP contribution in [0.15, 0.2) is 42.5 Å². The van der Waals surface area contributed by atoms with E-state index in [1.54, 1.807) is 6.07 Å². The van der Waals surface area contributed by atoms with Gasteiger partial charge in [0.1, 0.15) is 17.9 Å². The number of benzene rings is 2. The van der Waals surface area contributed by atoms with Crippen molar-refractivity contribution in [2.45, 2.75) is 33.3 Å². The van der Waals surface area contributed by atoms with Crippen molar-refractivity contribution in [3.8, 4) is 5.75 Å². The van der Waals surface area contributed by atoms with Crippen LogP contribution in [0.4, 0.5) is 0 Å². The molecule has 0 aliphatic heterocycles. The average molecular weight is 284 g/mol. The van der Waals surface area contributed by atoms with Gasteiger partial charge in [-0.25, -0.2) is 4.79 Å². The lowest BCUT2D eigenvalue weighted by molar-refractivity contribution is 0.0691. The zero-order valence-electron chi connectivity index (χ0n) is 12.6. The maximum Gasteiger partial charge on any atom is 0.339 e. The molecule has 0 fully saturated rings. The number of carbonyl (C=O) groups is 1. The Kier molecular flexibility index (Phi) is 4.63. The van der Waals surface area contributed by atoms with Gasteiger partial charge in [0.2, 0.25) is 0 Å². The fourth-order valence-electron chi connectivity index (χ4n) is 2.34. The molecule has 0 atom stereocenters. The number of ether oxygens (including phenoxy) is 1. The van der Waals surface area contributed by atoms with Crippen molar-refractivity contribution in [2.24, 2.45) is 0 Å². The minimum atomic E-state index is -0.958. The van der Waals surface area contributed by atoms with Crippen LogP contribution in [-0.2, 0) is 6.61 Å². The molecule has 0 amide bonds. The number of carboxylic acids is 1. The van der Waals surface area contributed by atoms with Crippen LogP contribution in [-0.4, -0.2) is 11.1 Å². The van der Waals surface area contributed by atoms with E-state index in [0.717, 1.165) is 16.7 Å². The summed E-state index contributed by atoms with van der Waals surface area (Å²) in [7, 11) is 0. The van der Waals surface area contributed by atoms with Gasteiger partial charge in [0.15, 0.2) is 0 Å². The molecule has 0 bridgehead atoms. The van der Waals surface area contributed by atoms with Gasteiger partial charge in [0.05, 0.1) is 0 Å². The van der Waals surface area contributed by atoms with Gasteiger partial charge < -0.3 is 9.84 Å². The number of carboxylic acid groups (broad SMARTS) is 1. The summed E-state index contributed by atoms with van der Waals surface area (Å²) in [4.78, 5) is 11.4. The molecule has 3 heteroatoms. The van der Waals surface area contributed by atoms with Gasteiger partial charge in [-0.3, -0.25) is 0 Å². The Bertz CT molecular complexity index is 630. The quantitative estimate of drug-likeness (QED) is 0.885. The van der Waals surface area contributed by atoms with Crippen molar-refractivity contribution in [1.82, 2.24) is 0 Å². The Morgan fingerprint density at radius 1 is 1.19 bits per heavy atom. The normalized spacial score (nSPS) is 10.7. The summed E-state index contributed by atoms with van der Waals surface area (Å²) >= 11 is 0. The first kappa shape index (κ1) is 15.1. The SMILES string of the molecule is Cc1cc(OCc2ccccc2)c(C(=O)O)cc1C(C)C.